The lowest BCUT2D eigenvalue weighted by Crippen LogP contribution is -2.36. The van der Waals surface area contributed by atoms with Gasteiger partial charge in [-0.2, -0.15) is 0 Å². The first kappa shape index (κ1) is 17.0. The third-order valence-electron chi connectivity index (χ3n) is 2.88. The third kappa shape index (κ3) is 5.41. The lowest BCUT2D eigenvalue weighted by atomic mass is 10.4. The van der Waals surface area contributed by atoms with Gasteiger partial charge in [0.25, 0.3) is 0 Å². The Hall–Kier alpha value is -2.35. The van der Waals surface area contributed by atoms with Crippen molar-refractivity contribution < 1.29 is 18.5 Å². The van der Waals surface area contributed by atoms with Gasteiger partial charge in [0, 0.05) is 18.0 Å². The number of nitrogens with one attached hydrogen (secondary N) is 1. The van der Waals surface area contributed by atoms with Crippen LogP contribution in [0, 0.1) is 12.7 Å². The molecule has 2 amide bonds. The van der Waals surface area contributed by atoms with E-state index in [9.17, 15) is 14.0 Å². The van der Waals surface area contributed by atoms with E-state index in [1.165, 1.54) is 28.8 Å². The number of rotatable bonds is 6. The molecule has 0 spiro atoms. The molecule has 2 aromatic rings. The average molecular weight is 337 g/mol. The Labute approximate surface area is 137 Å². The summed E-state index contributed by atoms with van der Waals surface area (Å²) in [5.74, 6) is 0.178. The molecular formula is C15H16FN3O3S. The monoisotopic (exact) mass is 337 g/mol. The normalized spacial score (nSPS) is 10.4. The Kier molecular flexibility index (Phi) is 5.75. The second-order valence-electron chi connectivity index (χ2n) is 4.86. The van der Waals surface area contributed by atoms with Crippen LogP contribution in [0.2, 0.25) is 0 Å². The molecule has 23 heavy (non-hydrogen) atoms. The first-order chi connectivity index (χ1) is 10.9. The summed E-state index contributed by atoms with van der Waals surface area (Å²) in [6.45, 7) is 1.62. The van der Waals surface area contributed by atoms with E-state index in [0.29, 0.717) is 11.6 Å². The molecule has 0 atom stereocenters. The van der Waals surface area contributed by atoms with E-state index in [0.717, 1.165) is 4.90 Å². The number of thioether (sulfide) groups is 1. The van der Waals surface area contributed by atoms with Gasteiger partial charge < -0.3 is 14.7 Å². The summed E-state index contributed by atoms with van der Waals surface area (Å²) in [6, 6.07) is 7.47. The third-order valence-corrected chi connectivity index (χ3v) is 3.87. The second kappa shape index (κ2) is 7.77. The van der Waals surface area contributed by atoms with Crippen LogP contribution in [0.3, 0.4) is 0 Å². The molecule has 1 heterocycles. The fraction of sp³-hybridized carbons (Fsp3) is 0.267. The van der Waals surface area contributed by atoms with E-state index in [4.69, 9.17) is 4.52 Å². The molecule has 0 aliphatic heterocycles. The van der Waals surface area contributed by atoms with Gasteiger partial charge in [-0.3, -0.25) is 9.59 Å². The summed E-state index contributed by atoms with van der Waals surface area (Å²) in [5.41, 5.74) is 0. The summed E-state index contributed by atoms with van der Waals surface area (Å²) in [4.78, 5) is 25.9. The molecule has 0 aliphatic carbocycles. The maximum Gasteiger partial charge on any atom is 0.245 e. The first-order valence-corrected chi connectivity index (χ1v) is 7.78. The van der Waals surface area contributed by atoms with Crippen molar-refractivity contribution in [2.24, 2.45) is 0 Å². The van der Waals surface area contributed by atoms with Gasteiger partial charge in [-0.05, 0) is 31.2 Å². The molecule has 2 rings (SSSR count). The topological polar surface area (TPSA) is 75.4 Å². The van der Waals surface area contributed by atoms with E-state index >= 15 is 0 Å². The Balaban J connectivity index is 1.77. The summed E-state index contributed by atoms with van der Waals surface area (Å²) in [7, 11) is 1.54. The van der Waals surface area contributed by atoms with E-state index in [2.05, 4.69) is 10.5 Å². The number of amides is 2. The Morgan fingerprint density at radius 2 is 2.04 bits per heavy atom. The van der Waals surface area contributed by atoms with Crippen LogP contribution in [-0.4, -0.2) is 41.2 Å². The number of anilines is 1. The average Bonchev–Trinajstić information content (AvgIpc) is 2.91. The molecule has 0 aliphatic rings. The molecule has 8 heteroatoms. The highest BCUT2D eigenvalue weighted by atomic mass is 32.2. The molecule has 1 aromatic heterocycles. The highest BCUT2D eigenvalue weighted by Crippen LogP contribution is 2.18. The molecule has 122 valence electrons. The van der Waals surface area contributed by atoms with Crippen LogP contribution in [0.25, 0.3) is 0 Å². The highest BCUT2D eigenvalue weighted by Gasteiger charge is 2.14. The maximum absolute atomic E-state index is 12.8. The number of halogens is 1. The van der Waals surface area contributed by atoms with Crippen molar-refractivity contribution in [2.75, 3.05) is 24.7 Å². The van der Waals surface area contributed by atoms with Gasteiger partial charge in [0.1, 0.15) is 11.6 Å². The molecular weight excluding hydrogens is 321 g/mol. The minimum absolute atomic E-state index is 0.0886. The number of hydrogen-bond donors (Lipinski definition) is 1. The Bertz CT molecular complexity index is 688. The summed E-state index contributed by atoms with van der Waals surface area (Å²) < 4.78 is 17.6. The molecule has 0 fully saturated rings. The smallest absolute Gasteiger partial charge is 0.245 e. The van der Waals surface area contributed by atoms with Crippen molar-refractivity contribution in [3.05, 3.63) is 41.9 Å². The molecule has 6 nitrogen and oxygen atoms in total. The Morgan fingerprint density at radius 1 is 1.35 bits per heavy atom. The highest BCUT2D eigenvalue weighted by molar-refractivity contribution is 8.00. The number of likely N-dealkylation sites (N-methyl/N-ethyl adjacent to an activating group) is 1. The first-order valence-electron chi connectivity index (χ1n) is 6.79. The van der Waals surface area contributed by atoms with Crippen LogP contribution in [0.15, 0.2) is 39.8 Å². The molecule has 1 N–H and O–H groups in total. The lowest BCUT2D eigenvalue weighted by molar-refractivity contribution is -0.131. The largest absolute Gasteiger partial charge is 0.360 e. The van der Waals surface area contributed by atoms with Crippen molar-refractivity contribution in [3.63, 3.8) is 0 Å². The fourth-order valence-corrected chi connectivity index (χ4v) is 2.54. The van der Waals surface area contributed by atoms with Gasteiger partial charge >= 0.3 is 0 Å². The zero-order chi connectivity index (χ0) is 16.8. The van der Waals surface area contributed by atoms with Crippen LogP contribution in [-0.2, 0) is 9.59 Å². The number of aromatic nitrogens is 1. The molecule has 1 aromatic carbocycles. The standard InChI is InChI=1S/C15H16FN3O3S/c1-10-7-13(18-22-10)17-14(20)8-19(2)15(21)9-23-12-5-3-11(16)4-6-12/h3-7H,8-9H2,1-2H3,(H,17,18,20). The van der Waals surface area contributed by atoms with Gasteiger partial charge in [-0.25, -0.2) is 4.39 Å². The van der Waals surface area contributed by atoms with Crippen LogP contribution < -0.4 is 5.32 Å². The van der Waals surface area contributed by atoms with Gasteiger partial charge in [-0.1, -0.05) is 5.16 Å². The van der Waals surface area contributed by atoms with Crippen LogP contribution >= 0.6 is 11.8 Å². The molecule has 0 radical (unpaired) electrons. The zero-order valence-corrected chi connectivity index (χ0v) is 13.5. The van der Waals surface area contributed by atoms with E-state index in [-0.39, 0.29) is 29.9 Å². The summed E-state index contributed by atoms with van der Waals surface area (Å²) in [5, 5.41) is 6.19. The summed E-state index contributed by atoms with van der Waals surface area (Å²) in [6.07, 6.45) is 0. The van der Waals surface area contributed by atoms with Gasteiger partial charge in [0.05, 0.1) is 12.3 Å². The van der Waals surface area contributed by atoms with Crippen LogP contribution in [0.4, 0.5) is 10.2 Å². The quantitative estimate of drug-likeness (QED) is 0.819. The van der Waals surface area contributed by atoms with Crippen LogP contribution in [0.1, 0.15) is 5.76 Å². The van der Waals surface area contributed by atoms with Crippen molar-refractivity contribution in [1.29, 1.82) is 0 Å². The number of aryl methyl sites for hydroxylation is 1. The number of carbonyl (C=O) groups excluding carboxylic acids is 2. The Morgan fingerprint density at radius 3 is 2.65 bits per heavy atom. The summed E-state index contributed by atoms with van der Waals surface area (Å²) >= 11 is 1.28. The zero-order valence-electron chi connectivity index (χ0n) is 12.7. The van der Waals surface area contributed by atoms with Crippen molar-refractivity contribution in [3.8, 4) is 0 Å². The predicted octanol–water partition coefficient (Wildman–Crippen LogP) is 2.31. The van der Waals surface area contributed by atoms with Gasteiger partial charge in [0.2, 0.25) is 11.8 Å². The minimum Gasteiger partial charge on any atom is -0.360 e. The predicted molar refractivity (Wildman–Crippen MR) is 84.6 cm³/mol. The van der Waals surface area contributed by atoms with Crippen molar-refractivity contribution in [1.82, 2.24) is 10.1 Å². The number of benzene rings is 1. The van der Waals surface area contributed by atoms with E-state index in [1.54, 1.807) is 32.2 Å². The van der Waals surface area contributed by atoms with Crippen molar-refractivity contribution in [2.45, 2.75) is 11.8 Å². The number of carbonyl (C=O) groups is 2. The molecule has 0 bridgehead atoms. The van der Waals surface area contributed by atoms with Crippen molar-refractivity contribution >= 4 is 29.4 Å². The van der Waals surface area contributed by atoms with E-state index < -0.39 is 0 Å². The van der Waals surface area contributed by atoms with Gasteiger partial charge in [-0.15, -0.1) is 11.8 Å². The number of nitrogens with zero attached hydrogens (tertiary/aromatic N) is 2. The molecule has 0 saturated carbocycles. The SMILES string of the molecule is Cc1cc(NC(=O)CN(C)C(=O)CSc2ccc(F)cc2)no1. The molecule has 0 saturated heterocycles. The lowest BCUT2D eigenvalue weighted by Gasteiger charge is -2.16. The van der Waals surface area contributed by atoms with Crippen LogP contribution in [0.5, 0.6) is 0 Å². The van der Waals surface area contributed by atoms with E-state index in [1.807, 2.05) is 0 Å². The minimum atomic E-state index is -0.360. The fourth-order valence-electron chi connectivity index (χ4n) is 1.70. The maximum atomic E-state index is 12.8. The number of hydrogen-bond acceptors (Lipinski definition) is 5. The van der Waals surface area contributed by atoms with Gasteiger partial charge in [0.15, 0.2) is 5.82 Å². The molecule has 0 unspecified atom stereocenters. The second-order valence-corrected chi connectivity index (χ2v) is 5.91.